The number of benzene rings is 1. The monoisotopic (exact) mass is 206 g/mol. The van der Waals surface area contributed by atoms with Crippen molar-refractivity contribution in [3.8, 4) is 5.75 Å². The van der Waals surface area contributed by atoms with Gasteiger partial charge in [-0.25, -0.2) is 0 Å². The lowest BCUT2D eigenvalue weighted by molar-refractivity contribution is -0.0389. The maximum atomic E-state index is 10.2. The SMILES string of the molecule is CCOc1cc(C2(O)CCC2)ccc1C. The fourth-order valence-electron chi connectivity index (χ4n) is 2.00. The molecule has 0 saturated heterocycles. The first-order chi connectivity index (χ1) is 7.15. The topological polar surface area (TPSA) is 29.5 Å². The molecule has 0 radical (unpaired) electrons. The molecule has 1 aliphatic carbocycles. The van der Waals surface area contributed by atoms with Gasteiger partial charge in [-0.15, -0.1) is 0 Å². The Morgan fingerprint density at radius 3 is 2.67 bits per heavy atom. The molecule has 1 aliphatic rings. The zero-order chi connectivity index (χ0) is 10.9. The second kappa shape index (κ2) is 3.86. The van der Waals surface area contributed by atoms with Crippen molar-refractivity contribution in [1.29, 1.82) is 0 Å². The Labute approximate surface area is 90.9 Å². The molecule has 15 heavy (non-hydrogen) atoms. The van der Waals surface area contributed by atoms with Crippen LogP contribution in [0.5, 0.6) is 5.75 Å². The van der Waals surface area contributed by atoms with Crippen LogP contribution in [0.15, 0.2) is 18.2 Å². The fourth-order valence-corrected chi connectivity index (χ4v) is 2.00. The van der Waals surface area contributed by atoms with Crippen LogP contribution in [0, 0.1) is 6.92 Å². The van der Waals surface area contributed by atoms with Crippen molar-refractivity contribution in [1.82, 2.24) is 0 Å². The van der Waals surface area contributed by atoms with E-state index in [1.54, 1.807) is 0 Å². The van der Waals surface area contributed by atoms with Crippen molar-refractivity contribution in [3.05, 3.63) is 29.3 Å². The Hall–Kier alpha value is -1.02. The van der Waals surface area contributed by atoms with Gasteiger partial charge < -0.3 is 9.84 Å². The van der Waals surface area contributed by atoms with E-state index < -0.39 is 5.60 Å². The van der Waals surface area contributed by atoms with Crippen molar-refractivity contribution in [2.75, 3.05) is 6.61 Å². The van der Waals surface area contributed by atoms with Crippen molar-refractivity contribution < 1.29 is 9.84 Å². The van der Waals surface area contributed by atoms with Gasteiger partial charge in [-0.1, -0.05) is 12.1 Å². The summed E-state index contributed by atoms with van der Waals surface area (Å²) in [5.74, 6) is 0.898. The van der Waals surface area contributed by atoms with Gasteiger partial charge in [-0.05, 0) is 50.3 Å². The van der Waals surface area contributed by atoms with E-state index in [4.69, 9.17) is 4.74 Å². The molecule has 0 bridgehead atoms. The van der Waals surface area contributed by atoms with E-state index in [0.29, 0.717) is 6.61 Å². The van der Waals surface area contributed by atoms with Gasteiger partial charge >= 0.3 is 0 Å². The molecule has 0 spiro atoms. The largest absolute Gasteiger partial charge is 0.494 e. The summed E-state index contributed by atoms with van der Waals surface area (Å²) in [7, 11) is 0. The van der Waals surface area contributed by atoms with E-state index >= 15 is 0 Å². The van der Waals surface area contributed by atoms with E-state index in [2.05, 4.69) is 0 Å². The quantitative estimate of drug-likeness (QED) is 0.824. The van der Waals surface area contributed by atoms with Gasteiger partial charge in [-0.2, -0.15) is 0 Å². The van der Waals surface area contributed by atoms with Gasteiger partial charge in [0.25, 0.3) is 0 Å². The third kappa shape index (κ3) is 1.86. The Kier molecular flexibility index (Phi) is 2.70. The highest BCUT2D eigenvalue weighted by Crippen LogP contribution is 2.42. The van der Waals surface area contributed by atoms with Crippen LogP contribution in [0.1, 0.15) is 37.3 Å². The van der Waals surface area contributed by atoms with Crippen LogP contribution in [0.2, 0.25) is 0 Å². The Bertz CT molecular complexity index is 354. The standard InChI is InChI=1S/C13H18O2/c1-3-15-12-9-11(6-5-10(12)2)13(14)7-4-8-13/h5-6,9,14H,3-4,7-8H2,1-2H3. The highest BCUT2D eigenvalue weighted by atomic mass is 16.5. The third-order valence-electron chi connectivity index (χ3n) is 3.21. The fraction of sp³-hybridized carbons (Fsp3) is 0.538. The molecular weight excluding hydrogens is 188 g/mol. The molecular formula is C13H18O2. The second-order valence-electron chi connectivity index (χ2n) is 4.30. The van der Waals surface area contributed by atoms with Crippen molar-refractivity contribution in [2.24, 2.45) is 0 Å². The first kappa shape index (κ1) is 10.5. The lowest BCUT2D eigenvalue weighted by atomic mass is 9.75. The van der Waals surface area contributed by atoms with Gasteiger partial charge in [0.1, 0.15) is 5.75 Å². The summed E-state index contributed by atoms with van der Waals surface area (Å²) in [4.78, 5) is 0. The van der Waals surface area contributed by atoms with Crippen LogP contribution in [0.25, 0.3) is 0 Å². The minimum Gasteiger partial charge on any atom is -0.494 e. The Morgan fingerprint density at radius 2 is 2.13 bits per heavy atom. The van der Waals surface area contributed by atoms with Crippen molar-refractivity contribution >= 4 is 0 Å². The predicted octanol–water partition coefficient (Wildman–Crippen LogP) is 2.77. The summed E-state index contributed by atoms with van der Waals surface area (Å²) >= 11 is 0. The third-order valence-corrected chi connectivity index (χ3v) is 3.21. The highest BCUT2D eigenvalue weighted by molar-refractivity contribution is 5.39. The number of aryl methyl sites for hydroxylation is 1. The van der Waals surface area contributed by atoms with Crippen LogP contribution in [-0.4, -0.2) is 11.7 Å². The number of rotatable bonds is 3. The van der Waals surface area contributed by atoms with E-state index in [-0.39, 0.29) is 0 Å². The van der Waals surface area contributed by atoms with Crippen molar-refractivity contribution in [2.45, 2.75) is 38.7 Å². The normalized spacial score (nSPS) is 18.3. The second-order valence-corrected chi connectivity index (χ2v) is 4.30. The maximum Gasteiger partial charge on any atom is 0.122 e. The van der Waals surface area contributed by atoms with Gasteiger partial charge in [-0.3, -0.25) is 0 Å². The lowest BCUT2D eigenvalue weighted by Crippen LogP contribution is -2.33. The van der Waals surface area contributed by atoms with Crippen LogP contribution in [0.3, 0.4) is 0 Å². The smallest absolute Gasteiger partial charge is 0.122 e. The molecule has 1 aromatic carbocycles. The zero-order valence-corrected chi connectivity index (χ0v) is 9.42. The molecule has 1 fully saturated rings. The molecule has 82 valence electrons. The lowest BCUT2D eigenvalue weighted by Gasteiger charge is -2.37. The Balaban J connectivity index is 2.29. The molecule has 0 heterocycles. The minimum atomic E-state index is -0.584. The van der Waals surface area contributed by atoms with E-state index in [9.17, 15) is 5.11 Å². The highest BCUT2D eigenvalue weighted by Gasteiger charge is 2.36. The van der Waals surface area contributed by atoms with Gasteiger partial charge in [0.05, 0.1) is 12.2 Å². The van der Waals surface area contributed by atoms with Crippen LogP contribution in [0.4, 0.5) is 0 Å². The minimum absolute atomic E-state index is 0.584. The molecule has 2 heteroatoms. The summed E-state index contributed by atoms with van der Waals surface area (Å²) in [6.07, 6.45) is 2.87. The van der Waals surface area contributed by atoms with E-state index in [1.807, 2.05) is 32.0 Å². The van der Waals surface area contributed by atoms with E-state index in [1.165, 1.54) is 0 Å². The van der Waals surface area contributed by atoms with Crippen LogP contribution >= 0.6 is 0 Å². The molecule has 0 amide bonds. The molecule has 2 nitrogen and oxygen atoms in total. The summed E-state index contributed by atoms with van der Waals surface area (Å²) in [6.45, 7) is 4.67. The average molecular weight is 206 g/mol. The summed E-state index contributed by atoms with van der Waals surface area (Å²) in [5, 5.41) is 10.2. The average Bonchev–Trinajstić information content (AvgIpc) is 2.18. The molecule has 0 unspecified atom stereocenters. The Morgan fingerprint density at radius 1 is 1.40 bits per heavy atom. The predicted molar refractivity (Wildman–Crippen MR) is 60.1 cm³/mol. The van der Waals surface area contributed by atoms with Gasteiger partial charge in [0.15, 0.2) is 0 Å². The summed E-state index contributed by atoms with van der Waals surface area (Å²) in [6, 6.07) is 6.02. The summed E-state index contributed by atoms with van der Waals surface area (Å²) in [5.41, 5.74) is 1.55. The molecule has 0 aliphatic heterocycles. The molecule has 0 atom stereocenters. The number of hydrogen-bond acceptors (Lipinski definition) is 2. The zero-order valence-electron chi connectivity index (χ0n) is 9.42. The maximum absolute atomic E-state index is 10.2. The van der Waals surface area contributed by atoms with Gasteiger partial charge in [0.2, 0.25) is 0 Å². The number of aliphatic hydroxyl groups is 1. The molecule has 1 saturated carbocycles. The molecule has 2 rings (SSSR count). The first-order valence-corrected chi connectivity index (χ1v) is 5.62. The van der Waals surface area contributed by atoms with Crippen molar-refractivity contribution in [3.63, 3.8) is 0 Å². The summed E-state index contributed by atoms with van der Waals surface area (Å²) < 4.78 is 5.53. The molecule has 0 aromatic heterocycles. The van der Waals surface area contributed by atoms with E-state index in [0.717, 1.165) is 36.1 Å². The number of ether oxygens (including phenoxy) is 1. The van der Waals surface area contributed by atoms with Crippen LogP contribution in [-0.2, 0) is 5.60 Å². The molecule has 1 N–H and O–H groups in total. The molecule has 1 aromatic rings. The van der Waals surface area contributed by atoms with Gasteiger partial charge in [0, 0.05) is 0 Å². The number of hydrogen-bond donors (Lipinski definition) is 1. The first-order valence-electron chi connectivity index (χ1n) is 5.62. The van der Waals surface area contributed by atoms with Crippen LogP contribution < -0.4 is 4.74 Å².